The lowest BCUT2D eigenvalue weighted by molar-refractivity contribution is -0.158. The molecule has 3 amide bonds. The quantitative estimate of drug-likeness (QED) is 0.626. The highest BCUT2D eigenvalue weighted by Gasteiger charge is 2.45. The molecule has 18 heavy (non-hydrogen) atoms. The van der Waals surface area contributed by atoms with Crippen molar-refractivity contribution in [3.63, 3.8) is 0 Å². The summed E-state index contributed by atoms with van der Waals surface area (Å²) in [5.41, 5.74) is -0.962. The summed E-state index contributed by atoms with van der Waals surface area (Å²) in [6.07, 6.45) is 0. The first-order valence-electron chi connectivity index (χ1n) is 6.20. The molecule has 0 aliphatic carbocycles. The second-order valence-corrected chi connectivity index (χ2v) is 5.57. The van der Waals surface area contributed by atoms with Crippen LogP contribution < -0.4 is 10.6 Å². The molecule has 0 aromatic carbocycles. The van der Waals surface area contributed by atoms with E-state index in [1.54, 1.807) is 13.8 Å². The maximum Gasteiger partial charge on any atom is 0.252 e. The van der Waals surface area contributed by atoms with Crippen LogP contribution in [0.25, 0.3) is 0 Å². The summed E-state index contributed by atoms with van der Waals surface area (Å²) in [7, 11) is 0. The summed E-state index contributed by atoms with van der Waals surface area (Å²) < 4.78 is 0. The molecule has 1 atom stereocenters. The molecule has 0 aromatic heterocycles. The number of imide groups is 1. The zero-order valence-electron chi connectivity index (χ0n) is 10.9. The highest BCUT2D eigenvalue weighted by Crippen LogP contribution is 2.25. The number of carbonyl (C=O) groups excluding carboxylic acids is 3. The summed E-state index contributed by atoms with van der Waals surface area (Å²) in [5, 5.41) is 5.39. The summed E-state index contributed by atoms with van der Waals surface area (Å²) in [6, 6.07) is 0. The van der Waals surface area contributed by atoms with Gasteiger partial charge in [0.05, 0.1) is 0 Å². The minimum Gasteiger partial charge on any atom is -0.319 e. The third kappa shape index (κ3) is 2.01. The number of hydrogen-bond acceptors (Lipinski definition) is 4. The van der Waals surface area contributed by atoms with Gasteiger partial charge in [-0.05, 0) is 32.9 Å². The Kier molecular flexibility index (Phi) is 3.14. The SMILES string of the molecule is CC(C(=O)N1CC(=O)NC(=O)C1(C)C)C1CNC1. The molecule has 2 aliphatic rings. The zero-order valence-corrected chi connectivity index (χ0v) is 10.9. The fraction of sp³-hybridized carbons (Fsp3) is 0.750. The number of rotatable bonds is 2. The van der Waals surface area contributed by atoms with Crippen LogP contribution in [0.5, 0.6) is 0 Å². The first-order chi connectivity index (χ1) is 8.34. The van der Waals surface area contributed by atoms with Gasteiger partial charge in [-0.2, -0.15) is 0 Å². The average molecular weight is 253 g/mol. The van der Waals surface area contributed by atoms with Crippen LogP contribution in [0.4, 0.5) is 0 Å². The van der Waals surface area contributed by atoms with Crippen molar-refractivity contribution < 1.29 is 14.4 Å². The van der Waals surface area contributed by atoms with E-state index in [0.717, 1.165) is 13.1 Å². The molecule has 1 unspecified atom stereocenters. The van der Waals surface area contributed by atoms with E-state index in [1.165, 1.54) is 4.90 Å². The molecule has 0 spiro atoms. The van der Waals surface area contributed by atoms with Crippen LogP contribution in [-0.4, -0.2) is 47.8 Å². The van der Waals surface area contributed by atoms with Gasteiger partial charge in [0, 0.05) is 5.92 Å². The molecular formula is C12H19N3O3. The number of carbonyl (C=O) groups is 3. The van der Waals surface area contributed by atoms with Crippen molar-refractivity contribution in [2.24, 2.45) is 11.8 Å². The Labute approximate surface area is 106 Å². The van der Waals surface area contributed by atoms with Gasteiger partial charge in [0.2, 0.25) is 11.8 Å². The maximum atomic E-state index is 12.4. The van der Waals surface area contributed by atoms with Crippen LogP contribution in [0.15, 0.2) is 0 Å². The molecule has 2 heterocycles. The molecular weight excluding hydrogens is 234 g/mol. The summed E-state index contributed by atoms with van der Waals surface area (Å²) in [4.78, 5) is 37.0. The molecule has 6 nitrogen and oxygen atoms in total. The van der Waals surface area contributed by atoms with E-state index in [1.807, 2.05) is 6.92 Å². The Morgan fingerprint density at radius 3 is 2.50 bits per heavy atom. The number of nitrogens with zero attached hydrogens (tertiary/aromatic N) is 1. The third-order valence-corrected chi connectivity index (χ3v) is 3.96. The van der Waals surface area contributed by atoms with E-state index >= 15 is 0 Å². The number of piperazine rings is 1. The highest BCUT2D eigenvalue weighted by molar-refractivity contribution is 6.06. The van der Waals surface area contributed by atoms with Gasteiger partial charge in [-0.3, -0.25) is 19.7 Å². The lowest BCUT2D eigenvalue weighted by atomic mass is 9.86. The highest BCUT2D eigenvalue weighted by atomic mass is 16.2. The van der Waals surface area contributed by atoms with Gasteiger partial charge in [-0.15, -0.1) is 0 Å². The predicted molar refractivity (Wildman–Crippen MR) is 64.5 cm³/mol. The van der Waals surface area contributed by atoms with Crippen molar-refractivity contribution in [3.8, 4) is 0 Å². The minimum atomic E-state index is -0.962. The normalized spacial score (nSPS) is 25.4. The number of nitrogens with one attached hydrogen (secondary N) is 2. The summed E-state index contributed by atoms with van der Waals surface area (Å²) in [6.45, 7) is 6.79. The van der Waals surface area contributed by atoms with Crippen molar-refractivity contribution in [1.82, 2.24) is 15.5 Å². The van der Waals surface area contributed by atoms with Crippen molar-refractivity contribution in [2.75, 3.05) is 19.6 Å². The lowest BCUT2D eigenvalue weighted by Gasteiger charge is -2.43. The maximum absolute atomic E-state index is 12.4. The fourth-order valence-electron chi connectivity index (χ4n) is 2.25. The summed E-state index contributed by atoms with van der Waals surface area (Å²) in [5.74, 6) is -0.801. The van der Waals surface area contributed by atoms with E-state index in [2.05, 4.69) is 10.6 Å². The second-order valence-electron chi connectivity index (χ2n) is 5.57. The van der Waals surface area contributed by atoms with Crippen LogP contribution >= 0.6 is 0 Å². The molecule has 0 radical (unpaired) electrons. The number of amides is 3. The van der Waals surface area contributed by atoms with Crippen molar-refractivity contribution in [1.29, 1.82) is 0 Å². The van der Waals surface area contributed by atoms with Gasteiger partial charge in [0.15, 0.2) is 0 Å². The lowest BCUT2D eigenvalue weighted by Crippen LogP contribution is -2.67. The van der Waals surface area contributed by atoms with E-state index in [9.17, 15) is 14.4 Å². The Morgan fingerprint density at radius 2 is 2.00 bits per heavy atom. The Bertz CT molecular complexity index is 401. The molecule has 0 bridgehead atoms. The predicted octanol–water partition coefficient (Wildman–Crippen LogP) is -0.894. The molecule has 0 saturated carbocycles. The third-order valence-electron chi connectivity index (χ3n) is 3.96. The van der Waals surface area contributed by atoms with Gasteiger partial charge in [0.1, 0.15) is 12.1 Å². The largest absolute Gasteiger partial charge is 0.319 e. The van der Waals surface area contributed by atoms with E-state index in [-0.39, 0.29) is 18.4 Å². The van der Waals surface area contributed by atoms with Gasteiger partial charge >= 0.3 is 0 Å². The summed E-state index contributed by atoms with van der Waals surface area (Å²) >= 11 is 0. The average Bonchev–Trinajstić information content (AvgIpc) is 2.20. The van der Waals surface area contributed by atoms with E-state index < -0.39 is 17.4 Å². The first-order valence-corrected chi connectivity index (χ1v) is 6.20. The molecule has 100 valence electrons. The van der Waals surface area contributed by atoms with Crippen LogP contribution in [0.3, 0.4) is 0 Å². The Morgan fingerprint density at radius 1 is 1.39 bits per heavy atom. The van der Waals surface area contributed by atoms with Gasteiger partial charge in [-0.1, -0.05) is 6.92 Å². The van der Waals surface area contributed by atoms with Crippen LogP contribution in [0, 0.1) is 11.8 Å². The Balaban J connectivity index is 2.16. The Hall–Kier alpha value is -1.43. The molecule has 2 saturated heterocycles. The van der Waals surface area contributed by atoms with E-state index in [0.29, 0.717) is 5.92 Å². The van der Waals surface area contributed by atoms with Crippen LogP contribution in [0.1, 0.15) is 20.8 Å². The molecule has 2 fully saturated rings. The smallest absolute Gasteiger partial charge is 0.252 e. The minimum absolute atomic E-state index is 0.0396. The molecule has 6 heteroatoms. The van der Waals surface area contributed by atoms with Crippen LogP contribution in [0.2, 0.25) is 0 Å². The molecule has 2 rings (SSSR count). The fourth-order valence-corrected chi connectivity index (χ4v) is 2.25. The molecule has 0 aromatic rings. The second kappa shape index (κ2) is 4.35. The molecule has 2 aliphatic heterocycles. The van der Waals surface area contributed by atoms with Crippen LogP contribution in [-0.2, 0) is 14.4 Å². The standard InChI is InChI=1S/C12H19N3O3/c1-7(8-4-13-5-8)10(17)15-6-9(16)14-11(18)12(15,2)3/h7-8,13H,4-6H2,1-3H3,(H,14,16,18). The first kappa shape index (κ1) is 13.0. The van der Waals surface area contributed by atoms with Gasteiger partial charge in [0.25, 0.3) is 5.91 Å². The zero-order chi connectivity index (χ0) is 13.5. The van der Waals surface area contributed by atoms with Gasteiger partial charge < -0.3 is 10.2 Å². The monoisotopic (exact) mass is 253 g/mol. The van der Waals surface area contributed by atoms with Crippen molar-refractivity contribution in [3.05, 3.63) is 0 Å². The van der Waals surface area contributed by atoms with E-state index in [4.69, 9.17) is 0 Å². The van der Waals surface area contributed by atoms with Gasteiger partial charge in [-0.25, -0.2) is 0 Å². The van der Waals surface area contributed by atoms with Crippen molar-refractivity contribution in [2.45, 2.75) is 26.3 Å². The topological polar surface area (TPSA) is 78.5 Å². The van der Waals surface area contributed by atoms with Crippen molar-refractivity contribution >= 4 is 17.7 Å². The number of hydrogen-bond donors (Lipinski definition) is 2. The molecule has 2 N–H and O–H groups in total.